The van der Waals surface area contributed by atoms with Crippen molar-refractivity contribution >= 4 is 5.91 Å². The number of rotatable bonds is 7. The molecule has 1 saturated heterocycles. The average Bonchev–Trinajstić information content (AvgIpc) is 2.75. The van der Waals surface area contributed by atoms with Gasteiger partial charge in [0.05, 0.1) is 18.3 Å². The second-order valence-corrected chi connectivity index (χ2v) is 8.62. The van der Waals surface area contributed by atoms with Crippen molar-refractivity contribution in [1.82, 2.24) is 9.80 Å². The predicted molar refractivity (Wildman–Crippen MR) is 114 cm³/mol. The van der Waals surface area contributed by atoms with Gasteiger partial charge in [0.15, 0.2) is 11.6 Å². The number of carbonyl (C=O) groups excluding carboxylic acids is 1. The van der Waals surface area contributed by atoms with E-state index in [-0.39, 0.29) is 42.1 Å². The summed E-state index contributed by atoms with van der Waals surface area (Å²) in [6.07, 6.45) is -4.84. The quantitative estimate of drug-likeness (QED) is 0.535. The van der Waals surface area contributed by atoms with Gasteiger partial charge in [-0.05, 0) is 36.2 Å². The summed E-state index contributed by atoms with van der Waals surface area (Å²) in [6.45, 7) is 6.03. The number of amides is 1. The van der Waals surface area contributed by atoms with Gasteiger partial charge in [-0.3, -0.25) is 9.69 Å². The molecule has 2 aromatic rings. The van der Waals surface area contributed by atoms with Crippen LogP contribution in [0.5, 0.6) is 0 Å². The van der Waals surface area contributed by atoms with Gasteiger partial charge in [0, 0.05) is 43.9 Å². The first-order valence-electron chi connectivity index (χ1n) is 10.8. The monoisotopic (exact) mass is 470 g/mol. The standard InChI is InChI=1S/C24H27F5N2O2/c1-16(2)12-31(23(32)17-6-8-19(9-7-17)24(27,28)29)15-20-14-30(10-11-33-20)13-18-4-3-5-21(25)22(18)26/h3-9,16,20H,10-15H2,1-2H3. The summed E-state index contributed by atoms with van der Waals surface area (Å²) in [5.41, 5.74) is -0.404. The molecule has 0 spiro atoms. The van der Waals surface area contributed by atoms with Crippen LogP contribution in [0.3, 0.4) is 0 Å². The van der Waals surface area contributed by atoms with Crippen molar-refractivity contribution in [2.45, 2.75) is 32.7 Å². The van der Waals surface area contributed by atoms with Crippen LogP contribution in [0.2, 0.25) is 0 Å². The molecule has 1 amide bonds. The minimum atomic E-state index is -4.47. The lowest BCUT2D eigenvalue weighted by Crippen LogP contribution is -2.49. The third kappa shape index (κ3) is 6.74. The van der Waals surface area contributed by atoms with E-state index in [9.17, 15) is 26.7 Å². The third-order valence-corrected chi connectivity index (χ3v) is 5.40. The highest BCUT2D eigenvalue weighted by molar-refractivity contribution is 5.94. The Labute approximate surface area is 189 Å². The number of ether oxygens (including phenoxy) is 1. The molecule has 1 heterocycles. The van der Waals surface area contributed by atoms with E-state index in [2.05, 4.69) is 0 Å². The zero-order valence-electron chi connectivity index (χ0n) is 18.5. The maximum atomic E-state index is 14.0. The Kier molecular flexibility index (Phi) is 8.07. The maximum Gasteiger partial charge on any atom is 0.416 e. The van der Waals surface area contributed by atoms with E-state index in [4.69, 9.17) is 4.74 Å². The molecule has 0 N–H and O–H groups in total. The second-order valence-electron chi connectivity index (χ2n) is 8.62. The Bertz CT molecular complexity index is 947. The molecule has 0 radical (unpaired) electrons. The van der Waals surface area contributed by atoms with E-state index in [0.29, 0.717) is 26.2 Å². The molecule has 9 heteroatoms. The topological polar surface area (TPSA) is 32.8 Å². The molecule has 1 fully saturated rings. The number of benzene rings is 2. The molecule has 3 rings (SSSR count). The molecule has 0 aromatic heterocycles. The Morgan fingerprint density at radius 1 is 1.15 bits per heavy atom. The molecule has 0 aliphatic carbocycles. The van der Waals surface area contributed by atoms with E-state index >= 15 is 0 Å². The summed E-state index contributed by atoms with van der Waals surface area (Å²) in [7, 11) is 0. The van der Waals surface area contributed by atoms with Gasteiger partial charge in [-0.1, -0.05) is 26.0 Å². The molecular formula is C24H27F5N2O2. The van der Waals surface area contributed by atoms with E-state index in [1.165, 1.54) is 24.3 Å². The van der Waals surface area contributed by atoms with Gasteiger partial charge in [0.1, 0.15) is 0 Å². The average molecular weight is 470 g/mol. The molecule has 33 heavy (non-hydrogen) atoms. The molecule has 1 aliphatic rings. The second kappa shape index (κ2) is 10.6. The van der Waals surface area contributed by atoms with Crippen molar-refractivity contribution in [2.75, 3.05) is 32.8 Å². The van der Waals surface area contributed by atoms with Crippen molar-refractivity contribution in [1.29, 1.82) is 0 Å². The molecule has 1 aliphatic heterocycles. The smallest absolute Gasteiger partial charge is 0.374 e. The van der Waals surface area contributed by atoms with Gasteiger partial charge in [0.2, 0.25) is 0 Å². The molecular weight excluding hydrogens is 443 g/mol. The lowest BCUT2D eigenvalue weighted by molar-refractivity contribution is -0.137. The molecule has 2 aromatic carbocycles. The van der Waals surface area contributed by atoms with Crippen LogP contribution in [-0.2, 0) is 17.5 Å². The normalized spacial score (nSPS) is 17.4. The Balaban J connectivity index is 1.69. The largest absolute Gasteiger partial charge is 0.416 e. The van der Waals surface area contributed by atoms with Crippen LogP contribution in [0.1, 0.15) is 35.3 Å². The van der Waals surface area contributed by atoms with E-state index in [0.717, 1.165) is 18.2 Å². The Morgan fingerprint density at radius 3 is 2.48 bits per heavy atom. The number of halogens is 5. The first-order valence-corrected chi connectivity index (χ1v) is 10.8. The number of hydrogen-bond donors (Lipinski definition) is 0. The minimum Gasteiger partial charge on any atom is -0.374 e. The highest BCUT2D eigenvalue weighted by Crippen LogP contribution is 2.29. The molecule has 4 nitrogen and oxygen atoms in total. The first-order chi connectivity index (χ1) is 15.5. The fraction of sp³-hybridized carbons (Fsp3) is 0.458. The lowest BCUT2D eigenvalue weighted by Gasteiger charge is -2.36. The Hall–Kier alpha value is -2.52. The molecule has 1 atom stereocenters. The van der Waals surface area contributed by atoms with E-state index < -0.39 is 23.4 Å². The van der Waals surface area contributed by atoms with Crippen molar-refractivity contribution in [3.63, 3.8) is 0 Å². The summed E-state index contributed by atoms with van der Waals surface area (Å²) >= 11 is 0. The van der Waals surface area contributed by atoms with Crippen LogP contribution in [0.15, 0.2) is 42.5 Å². The molecule has 1 unspecified atom stereocenters. The number of hydrogen-bond acceptors (Lipinski definition) is 3. The highest BCUT2D eigenvalue weighted by Gasteiger charge is 2.31. The Morgan fingerprint density at radius 2 is 1.85 bits per heavy atom. The van der Waals surface area contributed by atoms with Crippen LogP contribution < -0.4 is 0 Å². The molecule has 0 saturated carbocycles. The van der Waals surface area contributed by atoms with Crippen molar-refractivity contribution in [3.8, 4) is 0 Å². The minimum absolute atomic E-state index is 0.129. The van der Waals surface area contributed by atoms with Crippen molar-refractivity contribution < 1.29 is 31.5 Å². The lowest BCUT2D eigenvalue weighted by atomic mass is 10.1. The van der Waals surface area contributed by atoms with Gasteiger partial charge in [-0.2, -0.15) is 13.2 Å². The van der Waals surface area contributed by atoms with Crippen molar-refractivity contribution in [2.24, 2.45) is 5.92 Å². The van der Waals surface area contributed by atoms with Crippen LogP contribution >= 0.6 is 0 Å². The van der Waals surface area contributed by atoms with Crippen LogP contribution in [0, 0.1) is 17.6 Å². The molecule has 0 bridgehead atoms. The molecule has 180 valence electrons. The summed E-state index contributed by atoms with van der Waals surface area (Å²) in [4.78, 5) is 16.6. The van der Waals surface area contributed by atoms with Crippen LogP contribution in [0.25, 0.3) is 0 Å². The predicted octanol–water partition coefficient (Wildman–Crippen LogP) is 4.98. The van der Waals surface area contributed by atoms with E-state index in [1.54, 1.807) is 4.90 Å². The van der Waals surface area contributed by atoms with Crippen molar-refractivity contribution in [3.05, 3.63) is 70.8 Å². The van der Waals surface area contributed by atoms with Gasteiger partial charge in [-0.25, -0.2) is 8.78 Å². The number of carbonyl (C=O) groups is 1. The van der Waals surface area contributed by atoms with Gasteiger partial charge in [0.25, 0.3) is 5.91 Å². The van der Waals surface area contributed by atoms with Gasteiger partial charge in [-0.15, -0.1) is 0 Å². The first kappa shape index (κ1) is 25.1. The summed E-state index contributed by atoms with van der Waals surface area (Å²) < 4.78 is 71.9. The van der Waals surface area contributed by atoms with Crippen LogP contribution in [0.4, 0.5) is 22.0 Å². The van der Waals surface area contributed by atoms with Gasteiger partial charge < -0.3 is 9.64 Å². The fourth-order valence-electron chi connectivity index (χ4n) is 3.86. The summed E-state index contributed by atoms with van der Waals surface area (Å²) in [5, 5.41) is 0. The zero-order chi connectivity index (χ0) is 24.2. The summed E-state index contributed by atoms with van der Waals surface area (Å²) in [5.74, 6) is -2.03. The van der Waals surface area contributed by atoms with Gasteiger partial charge >= 0.3 is 6.18 Å². The number of alkyl halides is 3. The van der Waals surface area contributed by atoms with Crippen LogP contribution in [-0.4, -0.2) is 54.6 Å². The maximum absolute atomic E-state index is 14.0. The highest BCUT2D eigenvalue weighted by atomic mass is 19.4. The number of nitrogens with zero attached hydrogens (tertiary/aromatic N) is 2. The number of morpholine rings is 1. The van der Waals surface area contributed by atoms with E-state index in [1.807, 2.05) is 18.7 Å². The fourth-order valence-corrected chi connectivity index (χ4v) is 3.86. The third-order valence-electron chi connectivity index (χ3n) is 5.40. The zero-order valence-corrected chi connectivity index (χ0v) is 18.5. The SMILES string of the molecule is CC(C)CN(CC1CN(Cc2cccc(F)c2F)CCO1)C(=O)c1ccc(C(F)(F)F)cc1. The summed E-state index contributed by atoms with van der Waals surface area (Å²) in [6, 6.07) is 8.21.